The van der Waals surface area contributed by atoms with Crippen molar-refractivity contribution in [1.29, 1.82) is 0 Å². The van der Waals surface area contributed by atoms with E-state index in [1.807, 2.05) is 13.8 Å². The molecule has 8 aliphatic rings. The Labute approximate surface area is 303 Å². The maximum Gasteiger partial charge on any atom is 0.311 e. The summed E-state index contributed by atoms with van der Waals surface area (Å²) < 4.78 is 51.4. The molecule has 2 unspecified atom stereocenters. The molecule has 5 bridgehead atoms. The first-order chi connectivity index (χ1) is 24.0. The van der Waals surface area contributed by atoms with Crippen molar-refractivity contribution >= 4 is 23.9 Å². The number of methoxy groups -OCH3 is 1. The number of ether oxygens (including phenoxy) is 8. The van der Waals surface area contributed by atoms with Crippen LogP contribution in [0.4, 0.5) is 0 Å². The van der Waals surface area contributed by atoms with E-state index in [0.29, 0.717) is 6.42 Å². The zero-order valence-corrected chi connectivity index (χ0v) is 31.8. The smallest absolute Gasteiger partial charge is 0.311 e. The molecule has 0 aromatic carbocycles. The third-order valence-corrected chi connectivity index (χ3v) is 15.4. The number of carbonyl (C=O) groups excluding carboxylic acids is 4. The molecule has 15 atom stereocenters. The van der Waals surface area contributed by atoms with Crippen molar-refractivity contribution in [3.05, 3.63) is 12.3 Å². The number of hydrogen-bond acceptors (Lipinski definition) is 14. The fraction of sp³-hybridized carbons (Fsp3) is 0.842. The molecule has 0 aromatic rings. The number of fused-ring (bicyclic) bond motifs is 3. The zero-order valence-electron chi connectivity index (χ0n) is 31.8. The van der Waals surface area contributed by atoms with Gasteiger partial charge in [-0.25, -0.2) is 0 Å². The molecule has 3 saturated heterocycles. The van der Waals surface area contributed by atoms with Gasteiger partial charge < -0.3 is 48.1 Å². The van der Waals surface area contributed by atoms with Crippen molar-refractivity contribution in [1.82, 2.24) is 0 Å². The van der Waals surface area contributed by atoms with Gasteiger partial charge in [0.05, 0.1) is 37.2 Å². The summed E-state index contributed by atoms with van der Waals surface area (Å²) in [6.45, 7) is 17.4. The van der Waals surface area contributed by atoms with Crippen LogP contribution in [0.3, 0.4) is 0 Å². The lowest BCUT2D eigenvalue weighted by Gasteiger charge is -2.81. The van der Waals surface area contributed by atoms with Crippen molar-refractivity contribution in [3.63, 3.8) is 0 Å². The van der Waals surface area contributed by atoms with Gasteiger partial charge in [0.2, 0.25) is 0 Å². The van der Waals surface area contributed by atoms with E-state index in [1.54, 1.807) is 61.5 Å². The van der Waals surface area contributed by atoms with Gasteiger partial charge in [0.25, 0.3) is 12.3 Å². The van der Waals surface area contributed by atoms with Crippen LogP contribution in [0, 0.1) is 51.2 Å². The normalized spacial score (nSPS) is 53.8. The van der Waals surface area contributed by atoms with Crippen LogP contribution in [-0.4, -0.2) is 94.2 Å². The number of hydrogen-bond donors (Lipinski definition) is 2. The first-order valence-electron chi connectivity index (χ1n) is 18.5. The van der Waals surface area contributed by atoms with Crippen LogP contribution in [-0.2, 0) is 57.1 Å². The third kappa shape index (κ3) is 3.44. The van der Waals surface area contributed by atoms with Crippen LogP contribution < -0.4 is 0 Å². The number of esters is 4. The van der Waals surface area contributed by atoms with Crippen LogP contribution in [0.2, 0.25) is 0 Å². The first kappa shape index (κ1) is 36.2. The van der Waals surface area contributed by atoms with Crippen LogP contribution in [0.1, 0.15) is 88.5 Å². The number of rotatable bonds is 6. The standard InChI is InChI=1S/C38H52O14/c1-17(2)23(40)47-27-31(7)12-13-36-32(8)19(16-20(39)45-11)30(5,6)26(43)37(44)28-38(36,52-34(10,51-36)50-33(32,37)9)22(31)21(25(42)48-28)35(27)14-15-46-29(35)49-24(41)18(3)4/h14-15,17-19,21-22,26-29,43-44H,12-13,16H2,1-11H3/t19-,21-,22-,26+,27-,28-,29+,31-,32-,33+,34?,35?,36+,37+,38-/m1/s1. The summed E-state index contributed by atoms with van der Waals surface area (Å²) in [7, 11) is 1.30. The van der Waals surface area contributed by atoms with Crippen LogP contribution in [0.15, 0.2) is 12.3 Å². The van der Waals surface area contributed by atoms with Gasteiger partial charge in [0, 0.05) is 30.1 Å². The first-order valence-corrected chi connectivity index (χ1v) is 18.5. The number of carbonyl (C=O) groups is 4. The molecule has 3 spiro atoms. The molecular weight excluding hydrogens is 680 g/mol. The maximum absolute atomic E-state index is 15.0. The molecule has 4 saturated carbocycles. The molecule has 14 heteroatoms. The van der Waals surface area contributed by atoms with E-state index in [2.05, 4.69) is 0 Å². The Morgan fingerprint density at radius 2 is 1.58 bits per heavy atom. The Kier molecular flexibility index (Phi) is 7.03. The van der Waals surface area contributed by atoms with Gasteiger partial charge in [-0.05, 0) is 37.2 Å². The van der Waals surface area contributed by atoms with Gasteiger partial charge in [-0.1, -0.05) is 55.4 Å². The number of aliphatic hydroxyl groups excluding tert-OH is 1. The van der Waals surface area contributed by atoms with E-state index in [-0.39, 0.29) is 12.8 Å². The molecule has 0 radical (unpaired) electrons. The second-order valence-electron chi connectivity index (χ2n) is 18.5. The molecule has 2 N–H and O–H groups in total. The van der Waals surface area contributed by atoms with Crippen molar-refractivity contribution in [2.24, 2.45) is 51.2 Å². The van der Waals surface area contributed by atoms with Crippen molar-refractivity contribution < 1.29 is 67.3 Å². The summed E-state index contributed by atoms with van der Waals surface area (Å²) in [5.41, 5.74) is -12.4. The molecule has 288 valence electrons. The summed E-state index contributed by atoms with van der Waals surface area (Å²) in [5.74, 6) is -8.23. The summed E-state index contributed by atoms with van der Waals surface area (Å²) in [4.78, 5) is 55.2. The topological polar surface area (TPSA) is 183 Å². The predicted octanol–water partition coefficient (Wildman–Crippen LogP) is 2.90. The molecule has 14 nitrogen and oxygen atoms in total. The van der Waals surface area contributed by atoms with E-state index in [4.69, 9.17) is 37.9 Å². The fourth-order valence-electron chi connectivity index (χ4n) is 13.3. The molecule has 4 aliphatic carbocycles. The zero-order chi connectivity index (χ0) is 38.2. The van der Waals surface area contributed by atoms with E-state index >= 15 is 4.79 Å². The van der Waals surface area contributed by atoms with E-state index < -0.39 is 128 Å². The van der Waals surface area contributed by atoms with E-state index in [1.165, 1.54) is 13.4 Å². The van der Waals surface area contributed by atoms with Crippen molar-refractivity contribution in [2.45, 2.75) is 141 Å². The SMILES string of the molecule is COC(=O)C[C@@H]1C(C)(C)[C@H](O)[C@]2(O)[C@H]3OC(=O)[C@H]4[C@@H]5[C@@](C)(CC[C@@]67OC(C)(O[C@]536)O[C@@]2(C)[C@@]17C)[C@@H](OC(=O)C(C)C)C41C=CO[C@H]1OC(=O)C(C)C. The van der Waals surface area contributed by atoms with Gasteiger partial charge in [-0.15, -0.1) is 0 Å². The monoisotopic (exact) mass is 732 g/mol. The number of aliphatic hydroxyl groups is 2. The van der Waals surface area contributed by atoms with E-state index in [0.717, 1.165) is 0 Å². The predicted molar refractivity (Wildman–Crippen MR) is 175 cm³/mol. The van der Waals surface area contributed by atoms with Gasteiger partial charge in [0.15, 0.2) is 11.7 Å². The minimum atomic E-state index is -2.31. The third-order valence-electron chi connectivity index (χ3n) is 15.4. The largest absolute Gasteiger partial charge is 0.469 e. The highest BCUT2D eigenvalue weighted by Crippen LogP contribution is 2.87. The fourth-order valence-corrected chi connectivity index (χ4v) is 13.3. The quantitative estimate of drug-likeness (QED) is 0.300. The van der Waals surface area contributed by atoms with Gasteiger partial charge in [-0.3, -0.25) is 19.2 Å². The molecule has 52 heavy (non-hydrogen) atoms. The molecule has 8 rings (SSSR count). The van der Waals surface area contributed by atoms with Gasteiger partial charge in [-0.2, -0.15) is 0 Å². The van der Waals surface area contributed by atoms with Crippen molar-refractivity contribution in [3.8, 4) is 0 Å². The molecular formula is C38H52O14. The van der Waals surface area contributed by atoms with Gasteiger partial charge >= 0.3 is 23.9 Å². The average Bonchev–Trinajstić information content (AvgIpc) is 3.64. The average molecular weight is 733 g/mol. The minimum absolute atomic E-state index is 0.151. The highest BCUT2D eigenvalue weighted by Gasteiger charge is 3.02. The highest BCUT2D eigenvalue weighted by molar-refractivity contribution is 5.80. The molecule has 4 aliphatic heterocycles. The molecule has 4 heterocycles. The van der Waals surface area contributed by atoms with Crippen LogP contribution in [0.25, 0.3) is 0 Å². The van der Waals surface area contributed by atoms with Crippen molar-refractivity contribution in [2.75, 3.05) is 7.11 Å². The molecule has 7 fully saturated rings. The summed E-state index contributed by atoms with van der Waals surface area (Å²) in [6.07, 6.45) is -2.30. The summed E-state index contributed by atoms with van der Waals surface area (Å²) in [5, 5.41) is 26.0. The summed E-state index contributed by atoms with van der Waals surface area (Å²) >= 11 is 0. The second kappa shape index (κ2) is 10.1. The van der Waals surface area contributed by atoms with Gasteiger partial charge in [0.1, 0.15) is 28.3 Å². The Morgan fingerprint density at radius 3 is 2.19 bits per heavy atom. The Hall–Kier alpha value is -2.78. The Morgan fingerprint density at radius 1 is 0.942 bits per heavy atom. The highest BCUT2D eigenvalue weighted by atomic mass is 16.9. The maximum atomic E-state index is 15.0. The van der Waals surface area contributed by atoms with E-state index in [9.17, 15) is 24.6 Å². The van der Waals surface area contributed by atoms with Crippen LogP contribution >= 0.6 is 0 Å². The van der Waals surface area contributed by atoms with Crippen LogP contribution in [0.5, 0.6) is 0 Å². The second-order valence-corrected chi connectivity index (χ2v) is 18.5. The lowest BCUT2D eigenvalue weighted by Crippen LogP contribution is -2.97. The Bertz CT molecular complexity index is 1690. The lowest BCUT2D eigenvalue weighted by atomic mass is 9.29. The summed E-state index contributed by atoms with van der Waals surface area (Å²) in [6, 6.07) is 0. The lowest BCUT2D eigenvalue weighted by molar-refractivity contribution is -0.504. The molecule has 0 amide bonds. The molecule has 0 aromatic heterocycles. The minimum Gasteiger partial charge on any atom is -0.469 e. The Balaban J connectivity index is 1.44.